The summed E-state index contributed by atoms with van der Waals surface area (Å²) in [5, 5.41) is 16.8. The van der Waals surface area contributed by atoms with Gasteiger partial charge in [0.25, 0.3) is 5.22 Å². The Morgan fingerprint density at radius 3 is 2.94 bits per heavy atom. The first-order chi connectivity index (χ1) is 8.15. The Morgan fingerprint density at radius 1 is 1.47 bits per heavy atom. The lowest BCUT2D eigenvalue weighted by atomic mass is 10.3. The number of nitrogens with zero attached hydrogens (tertiary/aromatic N) is 3. The number of hydrogen-bond donors (Lipinski definition) is 1. The van der Waals surface area contributed by atoms with Crippen LogP contribution in [0.3, 0.4) is 0 Å². The normalized spacial score (nSPS) is 10.4. The molecule has 0 unspecified atom stereocenters. The number of pyridine rings is 1. The molecule has 0 saturated carbocycles. The molecule has 0 atom stereocenters. The molecule has 0 fully saturated rings. The number of aromatic nitrogens is 3. The molecule has 0 aliphatic rings. The molecule has 0 aromatic carbocycles. The van der Waals surface area contributed by atoms with Crippen molar-refractivity contribution in [3.05, 3.63) is 35.5 Å². The number of carboxylic acid groups (broad SMARTS) is 1. The number of aryl methyl sites for hydroxylation is 1. The smallest absolute Gasteiger partial charge is 0.354 e. The summed E-state index contributed by atoms with van der Waals surface area (Å²) in [7, 11) is 0. The van der Waals surface area contributed by atoms with E-state index in [9.17, 15) is 4.79 Å². The van der Waals surface area contributed by atoms with Crippen LogP contribution in [0.5, 0.6) is 0 Å². The van der Waals surface area contributed by atoms with E-state index < -0.39 is 5.97 Å². The quantitative estimate of drug-likeness (QED) is 0.828. The lowest BCUT2D eigenvalue weighted by Gasteiger charge is -1.99. The van der Waals surface area contributed by atoms with Gasteiger partial charge >= 0.3 is 5.97 Å². The zero-order valence-corrected chi connectivity index (χ0v) is 9.77. The minimum atomic E-state index is -1.04. The maximum atomic E-state index is 10.7. The Kier molecular flexibility index (Phi) is 3.38. The number of aromatic carboxylic acids is 1. The number of thioether (sulfide) groups is 1. The highest BCUT2D eigenvalue weighted by atomic mass is 32.2. The molecule has 2 rings (SSSR count). The third-order valence-corrected chi connectivity index (χ3v) is 2.73. The summed E-state index contributed by atoms with van der Waals surface area (Å²) in [6.45, 7) is 1.71. The van der Waals surface area contributed by atoms with E-state index in [2.05, 4.69) is 15.2 Å². The maximum absolute atomic E-state index is 10.7. The molecule has 2 aromatic heterocycles. The van der Waals surface area contributed by atoms with Crippen LogP contribution in [0, 0.1) is 6.92 Å². The highest BCUT2D eigenvalue weighted by Crippen LogP contribution is 2.20. The van der Waals surface area contributed by atoms with Crippen LogP contribution < -0.4 is 0 Å². The summed E-state index contributed by atoms with van der Waals surface area (Å²) in [6.07, 6.45) is 0. The number of carbonyl (C=O) groups is 1. The molecule has 17 heavy (non-hydrogen) atoms. The Bertz CT molecular complexity index is 541. The summed E-state index contributed by atoms with van der Waals surface area (Å²) in [4.78, 5) is 14.7. The zero-order chi connectivity index (χ0) is 12.3. The van der Waals surface area contributed by atoms with Crippen molar-refractivity contribution >= 4 is 17.7 Å². The first kappa shape index (κ1) is 11.6. The predicted octanol–water partition coefficient (Wildman–Crippen LogP) is 1.76. The van der Waals surface area contributed by atoms with Crippen LogP contribution in [0.25, 0.3) is 0 Å². The molecule has 0 saturated heterocycles. The average Bonchev–Trinajstić information content (AvgIpc) is 2.73. The van der Waals surface area contributed by atoms with Crippen molar-refractivity contribution in [1.29, 1.82) is 0 Å². The Morgan fingerprint density at radius 2 is 2.29 bits per heavy atom. The second-order valence-corrected chi connectivity index (χ2v) is 4.12. The Balaban J connectivity index is 2.04. The van der Waals surface area contributed by atoms with E-state index in [1.165, 1.54) is 17.8 Å². The van der Waals surface area contributed by atoms with Crippen LogP contribution in [-0.4, -0.2) is 26.3 Å². The van der Waals surface area contributed by atoms with Crippen LogP contribution in [-0.2, 0) is 5.75 Å². The molecule has 7 heteroatoms. The van der Waals surface area contributed by atoms with E-state index in [0.717, 1.165) is 0 Å². The van der Waals surface area contributed by atoms with Gasteiger partial charge in [-0.05, 0) is 12.1 Å². The van der Waals surface area contributed by atoms with Gasteiger partial charge in [0.05, 0.1) is 5.69 Å². The van der Waals surface area contributed by atoms with Crippen molar-refractivity contribution < 1.29 is 14.3 Å². The fourth-order valence-corrected chi connectivity index (χ4v) is 1.86. The lowest BCUT2D eigenvalue weighted by Crippen LogP contribution is -2.01. The topological polar surface area (TPSA) is 89.1 Å². The van der Waals surface area contributed by atoms with Gasteiger partial charge in [0.2, 0.25) is 5.89 Å². The largest absolute Gasteiger partial charge is 0.477 e. The van der Waals surface area contributed by atoms with Gasteiger partial charge in [0.15, 0.2) is 0 Å². The van der Waals surface area contributed by atoms with E-state index in [-0.39, 0.29) is 5.69 Å². The van der Waals surface area contributed by atoms with Crippen LogP contribution in [0.1, 0.15) is 22.1 Å². The molecular weight excluding hydrogens is 242 g/mol. The summed E-state index contributed by atoms with van der Waals surface area (Å²) < 4.78 is 5.18. The van der Waals surface area contributed by atoms with Gasteiger partial charge in [-0.1, -0.05) is 17.8 Å². The standard InChI is InChI=1S/C10H9N3O3S/c1-6-12-13-10(16-6)17-5-7-3-2-4-8(11-7)9(14)15/h2-4H,5H2,1H3,(H,14,15). The van der Waals surface area contributed by atoms with Gasteiger partial charge in [-0.15, -0.1) is 10.2 Å². The van der Waals surface area contributed by atoms with Crippen LogP contribution in [0.15, 0.2) is 27.8 Å². The van der Waals surface area contributed by atoms with Crippen LogP contribution >= 0.6 is 11.8 Å². The highest BCUT2D eigenvalue weighted by molar-refractivity contribution is 7.98. The van der Waals surface area contributed by atoms with E-state index in [1.807, 2.05) is 0 Å². The average molecular weight is 251 g/mol. The van der Waals surface area contributed by atoms with E-state index in [4.69, 9.17) is 9.52 Å². The van der Waals surface area contributed by atoms with Gasteiger partial charge in [-0.25, -0.2) is 9.78 Å². The number of hydrogen-bond acceptors (Lipinski definition) is 6. The monoisotopic (exact) mass is 251 g/mol. The fourth-order valence-electron chi connectivity index (χ4n) is 1.15. The van der Waals surface area contributed by atoms with Gasteiger partial charge < -0.3 is 9.52 Å². The van der Waals surface area contributed by atoms with Crippen molar-refractivity contribution in [3.8, 4) is 0 Å². The number of rotatable bonds is 4. The van der Waals surface area contributed by atoms with Gasteiger partial charge in [0.1, 0.15) is 5.69 Å². The second kappa shape index (κ2) is 4.96. The second-order valence-electron chi connectivity index (χ2n) is 3.19. The Hall–Kier alpha value is -1.89. The van der Waals surface area contributed by atoms with Crippen molar-refractivity contribution in [2.45, 2.75) is 17.9 Å². The zero-order valence-electron chi connectivity index (χ0n) is 8.95. The summed E-state index contributed by atoms with van der Waals surface area (Å²) in [5.74, 6) is -0.0480. The van der Waals surface area contributed by atoms with Gasteiger partial charge in [0, 0.05) is 12.7 Å². The number of carboxylic acids is 1. The molecule has 6 nitrogen and oxygen atoms in total. The molecule has 88 valence electrons. The molecule has 0 aliphatic carbocycles. The molecular formula is C10H9N3O3S. The first-order valence-corrected chi connectivity index (χ1v) is 5.76. The van der Waals surface area contributed by atoms with Gasteiger partial charge in [-0.3, -0.25) is 0 Å². The molecule has 0 aliphatic heterocycles. The molecule has 0 radical (unpaired) electrons. The summed E-state index contributed by atoms with van der Waals surface area (Å²) >= 11 is 1.32. The summed E-state index contributed by atoms with van der Waals surface area (Å²) in [5.41, 5.74) is 0.690. The molecule has 0 spiro atoms. The molecule has 0 bridgehead atoms. The third-order valence-electron chi connectivity index (χ3n) is 1.88. The molecule has 2 aromatic rings. The minimum Gasteiger partial charge on any atom is -0.477 e. The summed E-state index contributed by atoms with van der Waals surface area (Å²) in [6, 6.07) is 4.86. The molecule has 1 N–H and O–H groups in total. The van der Waals surface area contributed by atoms with E-state index in [1.54, 1.807) is 19.1 Å². The fraction of sp³-hybridized carbons (Fsp3) is 0.200. The van der Waals surface area contributed by atoms with Crippen LogP contribution in [0.2, 0.25) is 0 Å². The molecule has 2 heterocycles. The van der Waals surface area contributed by atoms with Gasteiger partial charge in [-0.2, -0.15) is 0 Å². The SMILES string of the molecule is Cc1nnc(SCc2cccc(C(=O)O)n2)o1. The van der Waals surface area contributed by atoms with Crippen LogP contribution in [0.4, 0.5) is 0 Å². The van der Waals surface area contributed by atoms with Crippen molar-refractivity contribution in [2.24, 2.45) is 0 Å². The first-order valence-electron chi connectivity index (χ1n) is 4.77. The molecule has 0 amide bonds. The highest BCUT2D eigenvalue weighted by Gasteiger charge is 2.07. The lowest BCUT2D eigenvalue weighted by molar-refractivity contribution is 0.0690. The van der Waals surface area contributed by atoms with Crippen molar-refractivity contribution in [3.63, 3.8) is 0 Å². The maximum Gasteiger partial charge on any atom is 0.354 e. The van der Waals surface area contributed by atoms with Crippen molar-refractivity contribution in [1.82, 2.24) is 15.2 Å². The van der Waals surface area contributed by atoms with E-state index >= 15 is 0 Å². The Labute approximate surface area is 101 Å². The van der Waals surface area contributed by atoms with E-state index in [0.29, 0.717) is 22.6 Å². The predicted molar refractivity (Wildman–Crippen MR) is 59.8 cm³/mol. The van der Waals surface area contributed by atoms with Crippen molar-refractivity contribution in [2.75, 3.05) is 0 Å². The third kappa shape index (κ3) is 3.04. The minimum absolute atomic E-state index is 0.0322.